The first-order valence-electron chi connectivity index (χ1n) is 6.33. The highest BCUT2D eigenvalue weighted by atomic mass is 79.9. The minimum absolute atomic E-state index is 0.0271. The molecular weight excluding hydrogens is 294 g/mol. The van der Waals surface area contributed by atoms with Gasteiger partial charge in [-0.15, -0.1) is 0 Å². The molecule has 1 aliphatic rings. The van der Waals surface area contributed by atoms with Crippen LogP contribution in [0.15, 0.2) is 22.7 Å². The van der Waals surface area contributed by atoms with Gasteiger partial charge in [-0.3, -0.25) is 4.79 Å². The van der Waals surface area contributed by atoms with Crippen molar-refractivity contribution in [3.8, 4) is 5.75 Å². The average Bonchev–Trinajstić information content (AvgIpc) is 2.25. The lowest BCUT2D eigenvalue weighted by Crippen LogP contribution is -2.39. The van der Waals surface area contributed by atoms with E-state index in [0.717, 1.165) is 23.1 Å². The van der Waals surface area contributed by atoms with Crippen molar-refractivity contribution in [1.82, 2.24) is 5.32 Å². The minimum atomic E-state index is -0.0271. The zero-order valence-corrected chi connectivity index (χ0v) is 12.3. The maximum absolute atomic E-state index is 12.1. The van der Waals surface area contributed by atoms with E-state index >= 15 is 0 Å². The maximum Gasteiger partial charge on any atom is 0.252 e. The highest BCUT2D eigenvalue weighted by Crippen LogP contribution is 2.25. The molecule has 1 aliphatic carbocycles. The third kappa shape index (κ3) is 3.25. The van der Waals surface area contributed by atoms with E-state index in [4.69, 9.17) is 4.74 Å². The number of carbonyl (C=O) groups is 1. The number of amides is 1. The lowest BCUT2D eigenvalue weighted by atomic mass is 9.93. The molecule has 98 valence electrons. The van der Waals surface area contributed by atoms with Crippen molar-refractivity contribution in [2.24, 2.45) is 0 Å². The van der Waals surface area contributed by atoms with E-state index in [2.05, 4.69) is 21.2 Å². The third-order valence-electron chi connectivity index (χ3n) is 2.99. The van der Waals surface area contributed by atoms with Crippen LogP contribution in [0.1, 0.15) is 43.5 Å². The fraction of sp³-hybridized carbons (Fsp3) is 0.500. The molecule has 1 amide bonds. The molecule has 1 aromatic carbocycles. The van der Waals surface area contributed by atoms with Gasteiger partial charge >= 0.3 is 0 Å². The highest BCUT2D eigenvalue weighted by Gasteiger charge is 2.21. The van der Waals surface area contributed by atoms with Gasteiger partial charge in [-0.1, -0.05) is 0 Å². The Kier molecular flexibility index (Phi) is 4.27. The molecule has 2 rings (SSSR count). The standard InChI is InChI=1S/C14H18BrNO2/c1-9(2)18-11-6-7-13(15)12(8-11)14(17)16-10-4-3-5-10/h6-10H,3-5H2,1-2H3,(H,16,17). The van der Waals surface area contributed by atoms with E-state index in [1.54, 1.807) is 6.07 Å². The first kappa shape index (κ1) is 13.4. The van der Waals surface area contributed by atoms with Crippen LogP contribution in [0.3, 0.4) is 0 Å². The molecule has 0 spiro atoms. The summed E-state index contributed by atoms with van der Waals surface area (Å²) in [7, 11) is 0. The van der Waals surface area contributed by atoms with Crippen molar-refractivity contribution in [3.63, 3.8) is 0 Å². The molecule has 18 heavy (non-hydrogen) atoms. The van der Waals surface area contributed by atoms with Crippen LogP contribution in [0.2, 0.25) is 0 Å². The molecule has 1 aromatic rings. The fourth-order valence-corrected chi connectivity index (χ4v) is 2.27. The quantitative estimate of drug-likeness (QED) is 0.924. The third-order valence-corrected chi connectivity index (χ3v) is 3.69. The van der Waals surface area contributed by atoms with E-state index in [9.17, 15) is 4.79 Å². The van der Waals surface area contributed by atoms with Crippen LogP contribution in [-0.4, -0.2) is 18.1 Å². The van der Waals surface area contributed by atoms with Gasteiger partial charge < -0.3 is 10.1 Å². The Bertz CT molecular complexity index is 441. The molecule has 1 saturated carbocycles. The van der Waals surface area contributed by atoms with Crippen molar-refractivity contribution in [1.29, 1.82) is 0 Å². The van der Waals surface area contributed by atoms with Crippen molar-refractivity contribution in [2.75, 3.05) is 0 Å². The van der Waals surface area contributed by atoms with Crippen LogP contribution in [-0.2, 0) is 0 Å². The van der Waals surface area contributed by atoms with Gasteiger partial charge in [0.15, 0.2) is 0 Å². The molecule has 0 bridgehead atoms. The first-order chi connectivity index (χ1) is 8.56. The molecule has 1 N–H and O–H groups in total. The first-order valence-corrected chi connectivity index (χ1v) is 7.12. The summed E-state index contributed by atoms with van der Waals surface area (Å²) < 4.78 is 6.41. The predicted octanol–water partition coefficient (Wildman–Crippen LogP) is 3.52. The normalized spacial score (nSPS) is 15.3. The summed E-state index contributed by atoms with van der Waals surface area (Å²) >= 11 is 3.41. The second-order valence-corrected chi connectivity index (χ2v) is 5.76. The molecule has 0 unspecified atom stereocenters. The summed E-state index contributed by atoms with van der Waals surface area (Å²) in [5.74, 6) is 0.702. The topological polar surface area (TPSA) is 38.3 Å². The lowest BCUT2D eigenvalue weighted by Gasteiger charge is -2.26. The number of hydrogen-bond donors (Lipinski definition) is 1. The van der Waals surface area contributed by atoms with Gasteiger partial charge in [0, 0.05) is 10.5 Å². The van der Waals surface area contributed by atoms with Crippen molar-refractivity contribution < 1.29 is 9.53 Å². The Morgan fingerprint density at radius 1 is 1.44 bits per heavy atom. The number of carbonyl (C=O) groups excluding carboxylic acids is 1. The van der Waals surface area contributed by atoms with Gasteiger partial charge in [0.2, 0.25) is 0 Å². The van der Waals surface area contributed by atoms with E-state index in [-0.39, 0.29) is 12.0 Å². The van der Waals surface area contributed by atoms with Gasteiger partial charge in [0.25, 0.3) is 5.91 Å². The summed E-state index contributed by atoms with van der Waals surface area (Å²) in [6, 6.07) is 5.86. The van der Waals surface area contributed by atoms with Crippen LogP contribution in [0.5, 0.6) is 5.75 Å². The van der Waals surface area contributed by atoms with Crippen LogP contribution >= 0.6 is 15.9 Å². The van der Waals surface area contributed by atoms with Crippen molar-refractivity contribution >= 4 is 21.8 Å². The van der Waals surface area contributed by atoms with Crippen molar-refractivity contribution in [3.05, 3.63) is 28.2 Å². The van der Waals surface area contributed by atoms with Gasteiger partial charge in [0.05, 0.1) is 11.7 Å². The van der Waals surface area contributed by atoms with E-state index in [1.165, 1.54) is 6.42 Å². The molecular formula is C14H18BrNO2. The SMILES string of the molecule is CC(C)Oc1ccc(Br)c(C(=O)NC2CCC2)c1. The molecule has 0 radical (unpaired) electrons. The molecule has 1 fully saturated rings. The average molecular weight is 312 g/mol. The molecule has 0 heterocycles. The molecule has 4 heteroatoms. The molecule has 3 nitrogen and oxygen atoms in total. The smallest absolute Gasteiger partial charge is 0.252 e. The van der Waals surface area contributed by atoms with Gasteiger partial charge in [-0.05, 0) is 67.2 Å². The summed E-state index contributed by atoms with van der Waals surface area (Å²) in [5.41, 5.74) is 0.639. The molecule has 0 aliphatic heterocycles. The number of ether oxygens (including phenoxy) is 1. The molecule has 0 aromatic heterocycles. The summed E-state index contributed by atoms with van der Waals surface area (Å²) in [6.07, 6.45) is 3.49. The zero-order valence-electron chi connectivity index (χ0n) is 10.7. The Labute approximate surface area is 116 Å². The highest BCUT2D eigenvalue weighted by molar-refractivity contribution is 9.10. The number of hydrogen-bond acceptors (Lipinski definition) is 2. The maximum atomic E-state index is 12.1. The van der Waals surface area contributed by atoms with Crippen molar-refractivity contribution in [2.45, 2.75) is 45.3 Å². The second-order valence-electron chi connectivity index (χ2n) is 4.91. The van der Waals surface area contributed by atoms with Crippen LogP contribution in [0.4, 0.5) is 0 Å². The summed E-state index contributed by atoms with van der Waals surface area (Å²) in [4.78, 5) is 12.1. The van der Waals surface area contributed by atoms with Gasteiger partial charge in [0.1, 0.15) is 5.75 Å². The van der Waals surface area contributed by atoms with Crippen LogP contribution in [0.25, 0.3) is 0 Å². The number of rotatable bonds is 4. The van der Waals surface area contributed by atoms with Crippen LogP contribution < -0.4 is 10.1 Å². The number of benzene rings is 1. The summed E-state index contributed by atoms with van der Waals surface area (Å²) in [6.45, 7) is 3.94. The monoisotopic (exact) mass is 311 g/mol. The van der Waals surface area contributed by atoms with E-state index in [0.29, 0.717) is 11.6 Å². The van der Waals surface area contributed by atoms with E-state index < -0.39 is 0 Å². The number of nitrogens with one attached hydrogen (secondary N) is 1. The molecule has 0 atom stereocenters. The van der Waals surface area contributed by atoms with E-state index in [1.807, 2.05) is 26.0 Å². The second kappa shape index (κ2) is 5.74. The Hall–Kier alpha value is -1.03. The Balaban J connectivity index is 2.11. The van der Waals surface area contributed by atoms with Gasteiger partial charge in [-0.25, -0.2) is 0 Å². The predicted molar refractivity (Wildman–Crippen MR) is 75.0 cm³/mol. The summed E-state index contributed by atoms with van der Waals surface area (Å²) in [5, 5.41) is 3.03. The van der Waals surface area contributed by atoms with Crippen LogP contribution in [0, 0.1) is 0 Å². The number of halogens is 1. The zero-order chi connectivity index (χ0) is 13.1. The fourth-order valence-electron chi connectivity index (χ4n) is 1.84. The Morgan fingerprint density at radius 3 is 2.72 bits per heavy atom. The lowest BCUT2D eigenvalue weighted by molar-refractivity contribution is 0.0915. The largest absolute Gasteiger partial charge is 0.491 e. The van der Waals surface area contributed by atoms with Gasteiger partial charge in [-0.2, -0.15) is 0 Å². The minimum Gasteiger partial charge on any atom is -0.491 e. The Morgan fingerprint density at radius 2 is 2.17 bits per heavy atom. The molecule has 0 saturated heterocycles.